The zero-order chi connectivity index (χ0) is 23.4. The Hall–Kier alpha value is -4.79. The summed E-state index contributed by atoms with van der Waals surface area (Å²) in [5, 5.41) is 13.2. The van der Waals surface area contributed by atoms with Crippen LogP contribution in [-0.2, 0) is 16.2 Å². The number of nitrogens with zero attached hydrogens (tertiary/aromatic N) is 2. The summed E-state index contributed by atoms with van der Waals surface area (Å²) in [7, 11) is 0. The number of rotatable bonds is 6. The van der Waals surface area contributed by atoms with Crippen LogP contribution >= 0.6 is 0 Å². The van der Waals surface area contributed by atoms with E-state index < -0.39 is 22.8 Å². The van der Waals surface area contributed by atoms with Gasteiger partial charge >= 0.3 is 6.03 Å². The van der Waals surface area contributed by atoms with Crippen molar-refractivity contribution in [2.45, 2.75) is 6.61 Å². The van der Waals surface area contributed by atoms with E-state index in [2.05, 4.69) is 5.32 Å². The number of carbonyl (C=O) groups is 3. The maximum absolute atomic E-state index is 13.0. The lowest BCUT2D eigenvalue weighted by Gasteiger charge is -2.26. The molecule has 1 heterocycles. The first kappa shape index (κ1) is 21.4. The van der Waals surface area contributed by atoms with Crippen LogP contribution in [0, 0.1) is 10.1 Å². The van der Waals surface area contributed by atoms with Gasteiger partial charge in [0.2, 0.25) is 0 Å². The van der Waals surface area contributed by atoms with E-state index in [0.29, 0.717) is 22.6 Å². The number of anilines is 1. The number of imide groups is 2. The molecular weight excluding hydrogens is 426 g/mol. The molecule has 1 saturated heterocycles. The minimum Gasteiger partial charge on any atom is -0.488 e. The van der Waals surface area contributed by atoms with Gasteiger partial charge in [-0.2, -0.15) is 0 Å². The SMILES string of the molecule is O=C1NC(=O)N(c2ccccc2)C(=O)/C1=C/c1ccccc1OCc1cccc([N+](=O)[O-])c1. The van der Waals surface area contributed by atoms with Crippen molar-refractivity contribution in [3.63, 3.8) is 0 Å². The van der Waals surface area contributed by atoms with Gasteiger partial charge in [-0.15, -0.1) is 0 Å². The monoisotopic (exact) mass is 443 g/mol. The van der Waals surface area contributed by atoms with Crippen LogP contribution in [0.5, 0.6) is 5.75 Å². The number of barbiturate groups is 1. The molecule has 0 aromatic heterocycles. The van der Waals surface area contributed by atoms with Crippen LogP contribution in [0.25, 0.3) is 6.08 Å². The Morgan fingerprint density at radius 1 is 0.939 bits per heavy atom. The number of ether oxygens (including phenoxy) is 1. The minimum atomic E-state index is -0.830. The Bertz CT molecular complexity index is 1290. The van der Waals surface area contributed by atoms with Gasteiger partial charge in [-0.05, 0) is 29.8 Å². The highest BCUT2D eigenvalue weighted by molar-refractivity contribution is 6.39. The molecule has 0 bridgehead atoms. The van der Waals surface area contributed by atoms with Gasteiger partial charge in [0.25, 0.3) is 17.5 Å². The number of hydrogen-bond donors (Lipinski definition) is 1. The first-order valence-electron chi connectivity index (χ1n) is 9.86. The molecule has 3 aromatic carbocycles. The van der Waals surface area contributed by atoms with Crippen LogP contribution in [0.2, 0.25) is 0 Å². The van der Waals surface area contributed by atoms with Crippen molar-refractivity contribution in [2.24, 2.45) is 0 Å². The molecule has 3 aromatic rings. The number of nitrogens with one attached hydrogen (secondary N) is 1. The van der Waals surface area contributed by atoms with Crippen LogP contribution in [0.15, 0.2) is 84.4 Å². The lowest BCUT2D eigenvalue weighted by atomic mass is 10.1. The fraction of sp³-hybridized carbons (Fsp3) is 0.0417. The number of para-hydroxylation sites is 2. The summed E-state index contributed by atoms with van der Waals surface area (Å²) >= 11 is 0. The summed E-state index contributed by atoms with van der Waals surface area (Å²) in [6, 6.07) is 20.2. The predicted molar refractivity (Wildman–Crippen MR) is 119 cm³/mol. The van der Waals surface area contributed by atoms with Crippen LogP contribution in [-0.4, -0.2) is 22.8 Å². The normalized spacial score (nSPS) is 14.8. The standard InChI is InChI=1S/C24H17N3O6/c28-22-20(23(29)26(24(30)25-22)18-9-2-1-3-10-18)14-17-8-4-5-12-21(17)33-15-16-7-6-11-19(13-16)27(31)32/h1-14H,15H2,(H,25,28,30)/b20-14+. The molecular formula is C24H17N3O6. The van der Waals surface area contributed by atoms with Gasteiger partial charge in [-0.1, -0.05) is 48.5 Å². The molecule has 0 aliphatic carbocycles. The molecule has 1 aliphatic rings. The van der Waals surface area contributed by atoms with Crippen LogP contribution in [0.1, 0.15) is 11.1 Å². The Morgan fingerprint density at radius 3 is 2.42 bits per heavy atom. The molecule has 4 rings (SSSR count). The molecule has 1 fully saturated rings. The third-order valence-electron chi connectivity index (χ3n) is 4.85. The second-order valence-corrected chi connectivity index (χ2v) is 7.05. The highest BCUT2D eigenvalue weighted by Crippen LogP contribution is 2.26. The zero-order valence-electron chi connectivity index (χ0n) is 17.1. The van der Waals surface area contributed by atoms with Gasteiger partial charge in [-0.25, -0.2) is 9.69 Å². The minimum absolute atomic E-state index is 0.0383. The first-order chi connectivity index (χ1) is 15.9. The number of nitro groups is 1. The van der Waals surface area contributed by atoms with Crippen LogP contribution in [0.3, 0.4) is 0 Å². The van der Waals surface area contributed by atoms with Gasteiger partial charge < -0.3 is 4.74 Å². The molecule has 9 nitrogen and oxygen atoms in total. The second-order valence-electron chi connectivity index (χ2n) is 7.05. The molecule has 1 aliphatic heterocycles. The average Bonchev–Trinajstić information content (AvgIpc) is 2.82. The summed E-state index contributed by atoms with van der Waals surface area (Å²) in [5.74, 6) is -1.21. The second kappa shape index (κ2) is 9.15. The molecule has 1 N–H and O–H groups in total. The van der Waals surface area contributed by atoms with Gasteiger partial charge in [0.15, 0.2) is 0 Å². The molecule has 4 amide bonds. The summed E-state index contributed by atoms with van der Waals surface area (Å²) in [6.07, 6.45) is 1.35. The summed E-state index contributed by atoms with van der Waals surface area (Å²) < 4.78 is 5.81. The maximum atomic E-state index is 13.0. The van der Waals surface area contributed by atoms with E-state index in [9.17, 15) is 24.5 Å². The molecule has 0 radical (unpaired) electrons. The Labute approximate surface area is 188 Å². The number of benzene rings is 3. The Balaban J connectivity index is 1.62. The predicted octanol–water partition coefficient (Wildman–Crippen LogP) is 3.84. The smallest absolute Gasteiger partial charge is 0.335 e. The van der Waals surface area contributed by atoms with E-state index >= 15 is 0 Å². The molecule has 0 spiro atoms. The van der Waals surface area contributed by atoms with Gasteiger partial charge in [0.05, 0.1) is 10.6 Å². The van der Waals surface area contributed by atoms with Crippen molar-refractivity contribution >= 4 is 35.3 Å². The van der Waals surface area contributed by atoms with Crippen molar-refractivity contribution < 1.29 is 24.0 Å². The first-order valence-corrected chi connectivity index (χ1v) is 9.86. The lowest BCUT2D eigenvalue weighted by Crippen LogP contribution is -2.54. The quantitative estimate of drug-likeness (QED) is 0.268. The molecule has 9 heteroatoms. The summed E-state index contributed by atoms with van der Waals surface area (Å²) in [5.41, 5.74) is 1.06. The number of amides is 4. The molecule has 0 unspecified atom stereocenters. The fourth-order valence-corrected chi connectivity index (χ4v) is 3.28. The maximum Gasteiger partial charge on any atom is 0.335 e. The van der Waals surface area contributed by atoms with Crippen molar-refractivity contribution in [1.29, 1.82) is 0 Å². The topological polar surface area (TPSA) is 119 Å². The van der Waals surface area contributed by atoms with Crippen molar-refractivity contribution in [3.05, 3.63) is 106 Å². The number of carbonyl (C=O) groups excluding carboxylic acids is 3. The van der Waals surface area contributed by atoms with E-state index in [1.807, 2.05) is 0 Å². The number of non-ortho nitro benzene ring substituents is 1. The fourth-order valence-electron chi connectivity index (χ4n) is 3.28. The van der Waals surface area contributed by atoms with E-state index in [1.165, 1.54) is 18.2 Å². The Kier molecular flexibility index (Phi) is 5.94. The van der Waals surface area contributed by atoms with Crippen LogP contribution in [0.4, 0.5) is 16.2 Å². The van der Waals surface area contributed by atoms with E-state index in [1.54, 1.807) is 66.7 Å². The third-order valence-corrected chi connectivity index (χ3v) is 4.85. The lowest BCUT2D eigenvalue weighted by molar-refractivity contribution is -0.384. The van der Waals surface area contributed by atoms with E-state index in [4.69, 9.17) is 4.74 Å². The summed E-state index contributed by atoms with van der Waals surface area (Å²) in [4.78, 5) is 49.1. The largest absolute Gasteiger partial charge is 0.488 e. The van der Waals surface area contributed by atoms with E-state index in [0.717, 1.165) is 4.90 Å². The highest BCUT2D eigenvalue weighted by Gasteiger charge is 2.36. The summed E-state index contributed by atoms with van der Waals surface area (Å²) in [6.45, 7) is 0.0383. The van der Waals surface area contributed by atoms with Crippen molar-refractivity contribution in [3.8, 4) is 5.75 Å². The van der Waals surface area contributed by atoms with Crippen molar-refractivity contribution in [1.82, 2.24) is 5.32 Å². The Morgan fingerprint density at radius 2 is 1.67 bits per heavy atom. The van der Waals surface area contributed by atoms with Gasteiger partial charge in [0.1, 0.15) is 17.9 Å². The molecule has 33 heavy (non-hydrogen) atoms. The van der Waals surface area contributed by atoms with Crippen molar-refractivity contribution in [2.75, 3.05) is 4.90 Å². The number of urea groups is 1. The highest BCUT2D eigenvalue weighted by atomic mass is 16.6. The number of hydrogen-bond acceptors (Lipinski definition) is 6. The third kappa shape index (κ3) is 4.62. The van der Waals surface area contributed by atoms with Crippen LogP contribution < -0.4 is 15.0 Å². The van der Waals surface area contributed by atoms with E-state index in [-0.39, 0.29) is 17.9 Å². The van der Waals surface area contributed by atoms with Gasteiger partial charge in [0, 0.05) is 17.7 Å². The number of nitro benzene ring substituents is 1. The zero-order valence-corrected chi connectivity index (χ0v) is 17.1. The molecule has 164 valence electrons. The molecule has 0 saturated carbocycles. The molecule has 0 atom stereocenters. The average molecular weight is 443 g/mol. The van der Waals surface area contributed by atoms with Gasteiger partial charge in [-0.3, -0.25) is 25.0 Å².